The molecule has 1 unspecified atom stereocenters. The van der Waals surface area contributed by atoms with E-state index in [9.17, 15) is 4.79 Å². The summed E-state index contributed by atoms with van der Waals surface area (Å²) in [5, 5.41) is 0. The largest absolute Gasteiger partial charge is 0.467 e. The van der Waals surface area contributed by atoms with Gasteiger partial charge in [0.15, 0.2) is 6.10 Å². The molecule has 1 aliphatic rings. The van der Waals surface area contributed by atoms with Gasteiger partial charge in [-0.2, -0.15) is 0 Å². The van der Waals surface area contributed by atoms with Crippen LogP contribution in [0.25, 0.3) is 0 Å². The van der Waals surface area contributed by atoms with Crippen LogP contribution in [0, 0.1) is 0 Å². The Morgan fingerprint density at radius 3 is 3.07 bits per heavy atom. The van der Waals surface area contributed by atoms with Gasteiger partial charge in [0.05, 0.1) is 13.7 Å². The van der Waals surface area contributed by atoms with Crippen molar-refractivity contribution in [2.75, 3.05) is 13.7 Å². The van der Waals surface area contributed by atoms with E-state index in [1.807, 2.05) is 24.3 Å². The van der Waals surface area contributed by atoms with Crippen molar-refractivity contribution in [2.24, 2.45) is 0 Å². The first-order chi connectivity index (χ1) is 6.83. The van der Waals surface area contributed by atoms with Crippen LogP contribution < -0.4 is 0 Å². The average molecular weight is 192 g/mol. The highest BCUT2D eigenvalue weighted by atomic mass is 16.6. The summed E-state index contributed by atoms with van der Waals surface area (Å²) in [6.45, 7) is 0.580. The number of esters is 1. The zero-order valence-corrected chi connectivity index (χ0v) is 8.03. The standard InChI is InChI=1S/C11H12O3/c1-13-11(12)10-9-5-3-2-4-8(9)6-7-14-10/h2-5,10H,6-7H2,1H3. The highest BCUT2D eigenvalue weighted by Gasteiger charge is 2.27. The SMILES string of the molecule is COC(=O)C1OCCc2ccccc21. The van der Waals surface area contributed by atoms with Crippen molar-refractivity contribution < 1.29 is 14.3 Å². The molecule has 3 heteroatoms. The lowest BCUT2D eigenvalue weighted by molar-refractivity contribution is -0.155. The monoisotopic (exact) mass is 192 g/mol. The van der Waals surface area contributed by atoms with E-state index in [0.717, 1.165) is 12.0 Å². The Balaban J connectivity index is 2.35. The van der Waals surface area contributed by atoms with Gasteiger partial charge in [0.1, 0.15) is 0 Å². The van der Waals surface area contributed by atoms with E-state index in [1.54, 1.807) is 0 Å². The number of hydrogen-bond donors (Lipinski definition) is 0. The van der Waals surface area contributed by atoms with Crippen molar-refractivity contribution in [3.05, 3.63) is 35.4 Å². The molecular formula is C11H12O3. The quantitative estimate of drug-likeness (QED) is 0.632. The third-order valence-corrected chi connectivity index (χ3v) is 2.41. The Morgan fingerprint density at radius 2 is 2.29 bits per heavy atom. The van der Waals surface area contributed by atoms with Crippen LogP contribution in [0.1, 0.15) is 17.2 Å². The van der Waals surface area contributed by atoms with Crippen LogP contribution in [0.4, 0.5) is 0 Å². The number of carbonyl (C=O) groups excluding carboxylic acids is 1. The lowest BCUT2D eigenvalue weighted by Crippen LogP contribution is -2.24. The number of carbonyl (C=O) groups is 1. The molecule has 0 radical (unpaired) electrons. The second kappa shape index (κ2) is 3.80. The fourth-order valence-electron chi connectivity index (χ4n) is 1.70. The Hall–Kier alpha value is -1.35. The van der Waals surface area contributed by atoms with E-state index in [4.69, 9.17) is 4.74 Å². The van der Waals surface area contributed by atoms with E-state index in [-0.39, 0.29) is 5.97 Å². The van der Waals surface area contributed by atoms with E-state index >= 15 is 0 Å². The van der Waals surface area contributed by atoms with E-state index in [2.05, 4.69) is 4.74 Å². The summed E-state index contributed by atoms with van der Waals surface area (Å²) in [5.74, 6) is -0.322. The average Bonchev–Trinajstić information content (AvgIpc) is 2.27. The van der Waals surface area contributed by atoms with Crippen LogP contribution in [0.3, 0.4) is 0 Å². The van der Waals surface area contributed by atoms with Crippen molar-refractivity contribution in [1.82, 2.24) is 0 Å². The van der Waals surface area contributed by atoms with Crippen LogP contribution in [0.15, 0.2) is 24.3 Å². The van der Waals surface area contributed by atoms with Crippen LogP contribution >= 0.6 is 0 Å². The van der Waals surface area contributed by atoms with Gasteiger partial charge >= 0.3 is 5.97 Å². The Morgan fingerprint density at radius 1 is 1.50 bits per heavy atom. The van der Waals surface area contributed by atoms with Gasteiger partial charge in [-0.15, -0.1) is 0 Å². The zero-order chi connectivity index (χ0) is 9.97. The zero-order valence-electron chi connectivity index (χ0n) is 8.03. The van der Waals surface area contributed by atoms with Gasteiger partial charge in [0.25, 0.3) is 0 Å². The normalized spacial score (nSPS) is 19.9. The topological polar surface area (TPSA) is 35.5 Å². The minimum atomic E-state index is -0.537. The fourth-order valence-corrected chi connectivity index (χ4v) is 1.70. The Bertz CT molecular complexity index is 346. The van der Waals surface area contributed by atoms with Gasteiger partial charge < -0.3 is 9.47 Å². The molecule has 2 rings (SSSR count). The van der Waals surface area contributed by atoms with Crippen LogP contribution in [-0.2, 0) is 20.7 Å². The molecule has 0 aromatic heterocycles. The smallest absolute Gasteiger partial charge is 0.339 e. The van der Waals surface area contributed by atoms with Crippen molar-refractivity contribution in [3.63, 3.8) is 0 Å². The molecule has 3 nitrogen and oxygen atoms in total. The highest BCUT2D eigenvalue weighted by Crippen LogP contribution is 2.27. The lowest BCUT2D eigenvalue weighted by Gasteiger charge is -2.23. The van der Waals surface area contributed by atoms with E-state index in [0.29, 0.717) is 6.61 Å². The first-order valence-corrected chi connectivity index (χ1v) is 4.60. The Kier molecular flexibility index (Phi) is 2.50. The minimum Gasteiger partial charge on any atom is -0.467 e. The number of hydrogen-bond acceptors (Lipinski definition) is 3. The number of benzene rings is 1. The molecule has 0 fully saturated rings. The fraction of sp³-hybridized carbons (Fsp3) is 0.364. The van der Waals surface area contributed by atoms with Crippen LogP contribution in [0.2, 0.25) is 0 Å². The van der Waals surface area contributed by atoms with Crippen molar-refractivity contribution >= 4 is 5.97 Å². The lowest BCUT2D eigenvalue weighted by atomic mass is 9.98. The summed E-state index contributed by atoms with van der Waals surface area (Å²) in [7, 11) is 1.38. The molecule has 74 valence electrons. The molecule has 0 bridgehead atoms. The highest BCUT2D eigenvalue weighted by molar-refractivity contribution is 5.77. The third kappa shape index (κ3) is 1.51. The number of methoxy groups -OCH3 is 1. The number of rotatable bonds is 1. The van der Waals surface area contributed by atoms with E-state index in [1.165, 1.54) is 12.7 Å². The number of ether oxygens (including phenoxy) is 2. The molecule has 0 amide bonds. The molecule has 1 atom stereocenters. The molecule has 1 aromatic rings. The molecule has 0 N–H and O–H groups in total. The first-order valence-electron chi connectivity index (χ1n) is 4.60. The molecule has 1 aliphatic heterocycles. The molecule has 0 spiro atoms. The maximum Gasteiger partial charge on any atom is 0.339 e. The molecule has 1 aromatic carbocycles. The molecule has 0 saturated carbocycles. The molecule has 0 saturated heterocycles. The minimum absolute atomic E-state index is 0.322. The predicted molar refractivity (Wildman–Crippen MR) is 50.9 cm³/mol. The second-order valence-corrected chi connectivity index (χ2v) is 3.22. The molecule has 1 heterocycles. The van der Waals surface area contributed by atoms with Gasteiger partial charge in [-0.3, -0.25) is 0 Å². The summed E-state index contributed by atoms with van der Waals surface area (Å²) in [6, 6.07) is 7.81. The van der Waals surface area contributed by atoms with Gasteiger partial charge in [0, 0.05) is 0 Å². The van der Waals surface area contributed by atoms with Crippen molar-refractivity contribution in [3.8, 4) is 0 Å². The summed E-state index contributed by atoms with van der Waals surface area (Å²) in [6.07, 6.45) is 0.328. The summed E-state index contributed by atoms with van der Waals surface area (Å²) >= 11 is 0. The summed E-state index contributed by atoms with van der Waals surface area (Å²) < 4.78 is 10.1. The first kappa shape index (κ1) is 9.21. The maximum absolute atomic E-state index is 11.4. The van der Waals surface area contributed by atoms with Gasteiger partial charge in [-0.05, 0) is 17.5 Å². The van der Waals surface area contributed by atoms with Crippen molar-refractivity contribution in [2.45, 2.75) is 12.5 Å². The molecular weight excluding hydrogens is 180 g/mol. The van der Waals surface area contributed by atoms with E-state index < -0.39 is 6.10 Å². The van der Waals surface area contributed by atoms with Crippen LogP contribution in [0.5, 0.6) is 0 Å². The third-order valence-electron chi connectivity index (χ3n) is 2.41. The molecule has 14 heavy (non-hydrogen) atoms. The van der Waals surface area contributed by atoms with Crippen molar-refractivity contribution in [1.29, 1.82) is 0 Å². The van der Waals surface area contributed by atoms with Gasteiger partial charge in [-0.1, -0.05) is 24.3 Å². The van der Waals surface area contributed by atoms with Gasteiger partial charge in [-0.25, -0.2) is 4.79 Å². The number of fused-ring (bicyclic) bond motifs is 1. The Labute approximate surface area is 82.6 Å². The predicted octanol–water partition coefficient (Wildman–Crippen LogP) is 1.47. The maximum atomic E-state index is 11.4. The summed E-state index contributed by atoms with van der Waals surface area (Å²) in [4.78, 5) is 11.4. The summed E-state index contributed by atoms with van der Waals surface area (Å²) in [5.41, 5.74) is 2.11. The van der Waals surface area contributed by atoms with Crippen LogP contribution in [-0.4, -0.2) is 19.7 Å². The second-order valence-electron chi connectivity index (χ2n) is 3.22. The molecule has 0 aliphatic carbocycles. The van der Waals surface area contributed by atoms with Gasteiger partial charge in [0.2, 0.25) is 0 Å².